The first-order chi connectivity index (χ1) is 13.6. The second-order valence-corrected chi connectivity index (χ2v) is 7.67. The topological polar surface area (TPSA) is 43.6 Å². The van der Waals surface area contributed by atoms with E-state index in [0.717, 1.165) is 48.1 Å². The number of likely N-dealkylation sites (tertiary alicyclic amines) is 1. The van der Waals surface area contributed by atoms with E-state index in [1.54, 1.807) is 0 Å². The number of carbonyl (C=O) groups excluding carboxylic acids is 1. The highest BCUT2D eigenvalue weighted by atomic mass is 16.5. The molecule has 0 aliphatic carbocycles. The number of quaternary nitrogens is 1. The van der Waals surface area contributed by atoms with E-state index in [1.165, 1.54) is 17.0 Å². The number of likely N-dealkylation sites (N-methyl/N-ethyl adjacent to an activating group) is 1. The van der Waals surface area contributed by atoms with Crippen molar-refractivity contribution in [3.8, 4) is 11.3 Å². The van der Waals surface area contributed by atoms with Gasteiger partial charge in [-0.3, -0.25) is 0 Å². The van der Waals surface area contributed by atoms with Crippen LogP contribution in [0.2, 0.25) is 0 Å². The van der Waals surface area contributed by atoms with Gasteiger partial charge in [-0.2, -0.15) is 0 Å². The average molecular weight is 375 g/mol. The molecule has 1 saturated heterocycles. The maximum Gasteiger partial charge on any atom is 0.339 e. The molecule has 1 aliphatic heterocycles. The largest absolute Gasteiger partial charge is 0.453 e. The maximum absolute atomic E-state index is 13.1. The van der Waals surface area contributed by atoms with E-state index in [0.29, 0.717) is 5.56 Å². The van der Waals surface area contributed by atoms with Crippen molar-refractivity contribution >= 4 is 16.9 Å². The Kier molecular flexibility index (Phi) is 5.40. The van der Waals surface area contributed by atoms with Crippen LogP contribution >= 0.6 is 0 Å². The summed E-state index contributed by atoms with van der Waals surface area (Å²) >= 11 is 0. The normalized spacial score (nSPS) is 19.5. The Morgan fingerprint density at radius 1 is 1.18 bits per heavy atom. The molecule has 0 radical (unpaired) electrons. The van der Waals surface area contributed by atoms with Crippen LogP contribution in [0.1, 0.15) is 35.7 Å². The zero-order valence-corrected chi connectivity index (χ0v) is 16.6. The van der Waals surface area contributed by atoms with Crippen molar-refractivity contribution in [3.05, 3.63) is 65.7 Å². The van der Waals surface area contributed by atoms with Gasteiger partial charge in [0.2, 0.25) is 0 Å². The molecular weight excluding hydrogens is 348 g/mol. The fourth-order valence-corrected chi connectivity index (χ4v) is 3.96. The zero-order chi connectivity index (χ0) is 19.5. The first-order valence-electron chi connectivity index (χ1n) is 10.2. The molecule has 0 spiro atoms. The molecule has 2 aromatic carbocycles. The maximum atomic E-state index is 13.1. The highest BCUT2D eigenvalue weighted by Crippen LogP contribution is 2.26. The monoisotopic (exact) mass is 375 g/mol. The van der Waals surface area contributed by atoms with Gasteiger partial charge in [0.25, 0.3) is 0 Å². The SMILES string of the molecule is CC[NH+]1CCC[C@@H](OC(=O)c2cc(-c3ccc(C)cc3)nc3ccccc23)C1. The van der Waals surface area contributed by atoms with Crippen LogP contribution in [0.4, 0.5) is 0 Å². The van der Waals surface area contributed by atoms with Gasteiger partial charge in [0, 0.05) is 17.4 Å². The smallest absolute Gasteiger partial charge is 0.339 e. The summed E-state index contributed by atoms with van der Waals surface area (Å²) in [4.78, 5) is 19.4. The summed E-state index contributed by atoms with van der Waals surface area (Å²) in [7, 11) is 0. The van der Waals surface area contributed by atoms with E-state index in [2.05, 4.69) is 26.0 Å². The highest BCUT2D eigenvalue weighted by molar-refractivity contribution is 6.04. The number of benzene rings is 2. The second-order valence-electron chi connectivity index (χ2n) is 7.67. The Labute approximate surface area is 166 Å². The third-order valence-electron chi connectivity index (χ3n) is 5.63. The summed E-state index contributed by atoms with van der Waals surface area (Å²) in [5, 5.41) is 0.846. The Hall–Kier alpha value is -2.72. The molecule has 28 heavy (non-hydrogen) atoms. The number of hydrogen-bond acceptors (Lipinski definition) is 3. The van der Waals surface area contributed by atoms with Crippen LogP contribution in [-0.2, 0) is 4.74 Å². The van der Waals surface area contributed by atoms with Crippen LogP contribution in [-0.4, -0.2) is 36.7 Å². The fraction of sp³-hybridized carbons (Fsp3) is 0.333. The molecule has 0 amide bonds. The highest BCUT2D eigenvalue weighted by Gasteiger charge is 2.26. The number of nitrogens with one attached hydrogen (secondary N) is 1. The van der Waals surface area contributed by atoms with Gasteiger partial charge in [-0.1, -0.05) is 48.0 Å². The molecule has 144 valence electrons. The van der Waals surface area contributed by atoms with E-state index >= 15 is 0 Å². The first kappa shape index (κ1) is 18.6. The molecule has 1 aromatic heterocycles. The van der Waals surface area contributed by atoms with E-state index in [-0.39, 0.29) is 12.1 Å². The van der Waals surface area contributed by atoms with E-state index in [4.69, 9.17) is 9.72 Å². The van der Waals surface area contributed by atoms with Crippen LogP contribution in [0.3, 0.4) is 0 Å². The fourth-order valence-electron chi connectivity index (χ4n) is 3.96. The van der Waals surface area contributed by atoms with Gasteiger partial charge in [0.15, 0.2) is 6.10 Å². The van der Waals surface area contributed by atoms with Gasteiger partial charge < -0.3 is 9.64 Å². The molecule has 1 aliphatic rings. The van der Waals surface area contributed by atoms with Crippen molar-refractivity contribution in [3.63, 3.8) is 0 Å². The van der Waals surface area contributed by atoms with E-state index in [1.807, 2.05) is 42.5 Å². The van der Waals surface area contributed by atoms with Crippen molar-refractivity contribution in [1.82, 2.24) is 4.98 Å². The van der Waals surface area contributed by atoms with Crippen molar-refractivity contribution in [2.24, 2.45) is 0 Å². The summed E-state index contributed by atoms with van der Waals surface area (Å²) < 4.78 is 5.94. The number of esters is 1. The van der Waals surface area contributed by atoms with Crippen LogP contribution in [0.15, 0.2) is 54.6 Å². The summed E-state index contributed by atoms with van der Waals surface area (Å²) in [5.41, 5.74) is 4.42. The lowest BCUT2D eigenvalue weighted by molar-refractivity contribution is -0.906. The lowest BCUT2D eigenvalue weighted by atomic mass is 10.0. The van der Waals surface area contributed by atoms with Gasteiger partial charge in [-0.05, 0) is 32.4 Å². The standard InChI is InChI=1S/C24H26N2O2/c1-3-26-14-6-7-19(16-26)28-24(27)21-15-23(18-12-10-17(2)11-13-18)25-22-9-5-4-8-20(21)22/h4-5,8-13,15,19H,3,6-7,14,16H2,1-2H3/p+1/t19-/m1/s1. The number of ether oxygens (including phenoxy) is 1. The Balaban J connectivity index is 1.68. The average Bonchev–Trinajstić information content (AvgIpc) is 2.73. The Morgan fingerprint density at radius 3 is 2.75 bits per heavy atom. The van der Waals surface area contributed by atoms with Crippen LogP contribution in [0.5, 0.6) is 0 Å². The molecule has 2 atom stereocenters. The predicted octanol–water partition coefficient (Wildman–Crippen LogP) is 3.43. The lowest BCUT2D eigenvalue weighted by Gasteiger charge is -2.28. The third-order valence-corrected chi connectivity index (χ3v) is 5.63. The molecule has 4 heteroatoms. The van der Waals surface area contributed by atoms with Gasteiger partial charge in [-0.25, -0.2) is 9.78 Å². The molecule has 0 saturated carbocycles. The quantitative estimate of drug-likeness (QED) is 0.711. The minimum atomic E-state index is -0.241. The van der Waals surface area contributed by atoms with Crippen molar-refractivity contribution < 1.29 is 14.4 Å². The molecule has 1 unspecified atom stereocenters. The molecule has 1 fully saturated rings. The number of rotatable bonds is 4. The van der Waals surface area contributed by atoms with Crippen LogP contribution in [0.25, 0.3) is 22.2 Å². The van der Waals surface area contributed by atoms with E-state index < -0.39 is 0 Å². The Bertz CT molecular complexity index is 982. The number of nitrogens with zero attached hydrogens (tertiary/aromatic N) is 1. The van der Waals surface area contributed by atoms with Crippen molar-refractivity contribution in [1.29, 1.82) is 0 Å². The summed E-state index contributed by atoms with van der Waals surface area (Å²) in [6, 6.07) is 17.9. The molecule has 4 nitrogen and oxygen atoms in total. The molecule has 2 heterocycles. The number of carbonyl (C=O) groups is 1. The molecule has 0 bridgehead atoms. The van der Waals surface area contributed by atoms with Crippen LogP contribution in [0, 0.1) is 6.92 Å². The Morgan fingerprint density at radius 2 is 1.96 bits per heavy atom. The van der Waals surface area contributed by atoms with Crippen LogP contribution < -0.4 is 4.90 Å². The lowest BCUT2D eigenvalue weighted by Crippen LogP contribution is -3.13. The second kappa shape index (κ2) is 8.11. The first-order valence-corrected chi connectivity index (χ1v) is 10.2. The zero-order valence-electron chi connectivity index (χ0n) is 16.6. The van der Waals surface area contributed by atoms with Gasteiger partial charge in [0.1, 0.15) is 6.54 Å². The predicted molar refractivity (Wildman–Crippen MR) is 112 cm³/mol. The van der Waals surface area contributed by atoms with Gasteiger partial charge in [-0.15, -0.1) is 0 Å². The summed E-state index contributed by atoms with van der Waals surface area (Å²) in [6.07, 6.45) is 2.04. The van der Waals surface area contributed by atoms with Crippen molar-refractivity contribution in [2.75, 3.05) is 19.6 Å². The molecule has 3 aromatic rings. The third kappa shape index (κ3) is 3.92. The molecule has 4 rings (SSSR count). The van der Waals surface area contributed by atoms with Gasteiger partial charge >= 0.3 is 5.97 Å². The summed E-state index contributed by atoms with van der Waals surface area (Å²) in [5.74, 6) is -0.241. The number of fused-ring (bicyclic) bond motifs is 1. The molecular formula is C24H27N2O2+. The number of hydrogen-bond donors (Lipinski definition) is 1. The number of aromatic nitrogens is 1. The van der Waals surface area contributed by atoms with Crippen molar-refractivity contribution in [2.45, 2.75) is 32.8 Å². The molecule has 1 N–H and O–H groups in total. The minimum Gasteiger partial charge on any atom is -0.453 e. The number of para-hydroxylation sites is 1. The number of aryl methyl sites for hydroxylation is 1. The summed E-state index contributed by atoms with van der Waals surface area (Å²) in [6.45, 7) is 7.39. The number of piperidine rings is 1. The minimum absolute atomic E-state index is 0.00838. The number of pyridine rings is 1. The van der Waals surface area contributed by atoms with E-state index in [9.17, 15) is 4.79 Å². The van der Waals surface area contributed by atoms with Gasteiger partial charge in [0.05, 0.1) is 29.9 Å².